The first-order chi connectivity index (χ1) is 16.1. The summed E-state index contributed by atoms with van der Waals surface area (Å²) in [5, 5.41) is 5.25. The summed E-state index contributed by atoms with van der Waals surface area (Å²) >= 11 is 6.14. The van der Waals surface area contributed by atoms with E-state index < -0.39 is 0 Å². The Bertz CT molecular complexity index is 1230. The van der Waals surface area contributed by atoms with Crippen LogP contribution in [0.2, 0.25) is 5.02 Å². The van der Waals surface area contributed by atoms with Gasteiger partial charge in [-0.05, 0) is 31.0 Å². The van der Waals surface area contributed by atoms with E-state index in [1.165, 1.54) is 0 Å². The van der Waals surface area contributed by atoms with Gasteiger partial charge in [-0.1, -0.05) is 29.8 Å². The maximum Gasteiger partial charge on any atom is 0.164 e. The van der Waals surface area contributed by atoms with Crippen LogP contribution in [0.15, 0.2) is 41.5 Å². The lowest BCUT2D eigenvalue weighted by molar-refractivity contribution is 0.123. The van der Waals surface area contributed by atoms with E-state index in [1.807, 2.05) is 48.9 Å². The summed E-state index contributed by atoms with van der Waals surface area (Å²) < 4.78 is 13.3. The van der Waals surface area contributed by atoms with E-state index in [4.69, 9.17) is 31.0 Å². The van der Waals surface area contributed by atoms with Crippen molar-refractivity contribution in [2.24, 2.45) is 12.1 Å². The molecule has 2 aromatic heterocycles. The molecule has 1 fully saturated rings. The second kappa shape index (κ2) is 9.51. The highest BCUT2D eigenvalue weighted by Gasteiger charge is 2.22. The third-order valence-electron chi connectivity index (χ3n) is 5.94. The van der Waals surface area contributed by atoms with E-state index >= 15 is 0 Å². The van der Waals surface area contributed by atoms with Crippen LogP contribution < -0.4 is 10.3 Å². The van der Waals surface area contributed by atoms with Gasteiger partial charge in [0.05, 0.1) is 37.8 Å². The zero-order valence-electron chi connectivity index (χ0n) is 18.8. The molecule has 0 saturated carbocycles. The predicted octanol–water partition coefficient (Wildman–Crippen LogP) is 4.10. The highest BCUT2D eigenvalue weighted by molar-refractivity contribution is 6.31. The highest BCUT2D eigenvalue weighted by atomic mass is 35.5. The topological polar surface area (TPSA) is 76.8 Å². The maximum absolute atomic E-state index is 6.14. The lowest BCUT2D eigenvalue weighted by Crippen LogP contribution is -2.36. The van der Waals surface area contributed by atoms with Crippen molar-refractivity contribution in [1.29, 1.82) is 0 Å². The number of fused-ring (bicyclic) bond motifs is 1. The number of morpholine rings is 1. The van der Waals surface area contributed by atoms with Gasteiger partial charge >= 0.3 is 0 Å². The van der Waals surface area contributed by atoms with Crippen molar-refractivity contribution in [2.75, 3.05) is 49.8 Å². The molecule has 0 amide bonds. The van der Waals surface area contributed by atoms with E-state index in [-0.39, 0.29) is 0 Å². The molecule has 8 nitrogen and oxygen atoms in total. The van der Waals surface area contributed by atoms with Gasteiger partial charge in [0.2, 0.25) is 0 Å². The molecular formula is C24H27ClN6O2. The molecule has 0 unspecified atom stereocenters. The number of rotatable bonds is 5. The summed E-state index contributed by atoms with van der Waals surface area (Å²) in [6.07, 6.45) is 3.10. The molecule has 5 rings (SSSR count). The number of halogens is 1. The van der Waals surface area contributed by atoms with Crippen LogP contribution in [-0.2, 0) is 16.5 Å². The molecule has 2 aliphatic heterocycles. The number of pyridine rings is 1. The van der Waals surface area contributed by atoms with Crippen molar-refractivity contribution in [3.05, 3.63) is 52.8 Å². The van der Waals surface area contributed by atoms with Crippen molar-refractivity contribution >= 4 is 45.6 Å². The molecular weight excluding hydrogens is 440 g/mol. The number of benzene rings is 1. The van der Waals surface area contributed by atoms with Gasteiger partial charge in [-0.2, -0.15) is 5.10 Å². The maximum atomic E-state index is 6.14. The zero-order chi connectivity index (χ0) is 22.8. The van der Waals surface area contributed by atoms with Gasteiger partial charge in [0.25, 0.3) is 0 Å². The number of aryl methyl sites for hydroxylation is 1. The Morgan fingerprint density at radius 3 is 2.73 bits per heavy atom. The Kier molecular flexibility index (Phi) is 6.30. The normalized spacial score (nSPS) is 17.4. The standard InChI is InChI=1S/C24H27ClN6O2/c1-16(17-5-3-7-19(25)13-17)28-29-21-14-20(31-8-11-32-12-9-31)22-24(26-21)30(2)23(27-22)18-6-4-10-33-15-18/h3,5-7,13-14H,4,8-12,15H2,1-2H3,(H,26,29)/b28-16+. The summed E-state index contributed by atoms with van der Waals surface area (Å²) in [5.41, 5.74) is 8.73. The minimum absolute atomic E-state index is 0.568. The molecule has 172 valence electrons. The molecule has 1 N–H and O–H groups in total. The molecule has 2 aliphatic rings. The first-order valence-electron chi connectivity index (χ1n) is 11.1. The van der Waals surface area contributed by atoms with Crippen LogP contribution in [-0.4, -0.2) is 59.8 Å². The number of hydrazone groups is 1. The van der Waals surface area contributed by atoms with Gasteiger partial charge in [0, 0.05) is 36.8 Å². The number of hydrogen-bond donors (Lipinski definition) is 1. The fraction of sp³-hybridized carbons (Fsp3) is 0.375. The second-order valence-corrected chi connectivity index (χ2v) is 8.62. The molecule has 0 aliphatic carbocycles. The van der Waals surface area contributed by atoms with Crippen molar-refractivity contribution < 1.29 is 9.47 Å². The summed E-state index contributed by atoms with van der Waals surface area (Å²) in [6.45, 7) is 6.26. The minimum atomic E-state index is 0.568. The van der Waals surface area contributed by atoms with Crippen LogP contribution in [0.1, 0.15) is 24.7 Å². The molecule has 33 heavy (non-hydrogen) atoms. The number of nitrogens with one attached hydrogen (secondary N) is 1. The second-order valence-electron chi connectivity index (χ2n) is 8.18. The van der Waals surface area contributed by atoms with Crippen LogP contribution >= 0.6 is 11.6 Å². The average Bonchev–Trinajstić information content (AvgIpc) is 3.19. The van der Waals surface area contributed by atoms with Crippen LogP contribution in [0, 0.1) is 0 Å². The Labute approximate surface area is 197 Å². The average molecular weight is 467 g/mol. The molecule has 0 spiro atoms. The number of anilines is 2. The smallest absolute Gasteiger partial charge is 0.164 e. The minimum Gasteiger partial charge on any atom is -0.378 e. The van der Waals surface area contributed by atoms with E-state index in [0.29, 0.717) is 30.7 Å². The van der Waals surface area contributed by atoms with Crippen molar-refractivity contribution in [2.45, 2.75) is 13.3 Å². The Morgan fingerprint density at radius 1 is 1.12 bits per heavy atom. The first-order valence-corrected chi connectivity index (χ1v) is 11.5. The van der Waals surface area contributed by atoms with E-state index in [0.717, 1.165) is 65.6 Å². The highest BCUT2D eigenvalue weighted by Crippen LogP contribution is 2.31. The Balaban J connectivity index is 1.55. The summed E-state index contributed by atoms with van der Waals surface area (Å²) in [5.74, 6) is 1.55. The predicted molar refractivity (Wildman–Crippen MR) is 132 cm³/mol. The van der Waals surface area contributed by atoms with Crippen LogP contribution in [0.5, 0.6) is 0 Å². The first kappa shape index (κ1) is 21.9. The van der Waals surface area contributed by atoms with Crippen molar-refractivity contribution in [3.63, 3.8) is 0 Å². The summed E-state index contributed by atoms with van der Waals surface area (Å²) in [7, 11) is 2.00. The quantitative estimate of drug-likeness (QED) is 0.450. The Morgan fingerprint density at radius 2 is 1.97 bits per heavy atom. The number of aromatic nitrogens is 3. The van der Waals surface area contributed by atoms with Crippen molar-refractivity contribution in [3.8, 4) is 0 Å². The van der Waals surface area contributed by atoms with Gasteiger partial charge < -0.3 is 18.9 Å². The molecule has 0 bridgehead atoms. The molecule has 4 heterocycles. The van der Waals surface area contributed by atoms with E-state index in [9.17, 15) is 0 Å². The molecule has 1 aromatic carbocycles. The van der Waals surface area contributed by atoms with E-state index in [1.54, 1.807) is 0 Å². The third kappa shape index (κ3) is 4.59. The molecule has 9 heteroatoms. The fourth-order valence-electron chi connectivity index (χ4n) is 4.16. The fourth-order valence-corrected chi connectivity index (χ4v) is 4.35. The summed E-state index contributed by atoms with van der Waals surface area (Å²) in [4.78, 5) is 12.2. The van der Waals surface area contributed by atoms with Crippen LogP contribution in [0.3, 0.4) is 0 Å². The van der Waals surface area contributed by atoms with Gasteiger partial charge in [-0.15, -0.1) is 0 Å². The van der Waals surface area contributed by atoms with Crippen LogP contribution in [0.25, 0.3) is 16.7 Å². The third-order valence-corrected chi connectivity index (χ3v) is 6.17. The Hall–Kier alpha value is -2.94. The SMILES string of the molecule is C/C(=N\Nc1cc(N2CCOCC2)c2nc(C3=CCCOC3)n(C)c2n1)c1cccc(Cl)c1. The molecule has 3 aromatic rings. The van der Waals surface area contributed by atoms with Crippen LogP contribution in [0.4, 0.5) is 11.5 Å². The van der Waals surface area contributed by atoms with Gasteiger partial charge in [-0.3, -0.25) is 5.43 Å². The van der Waals surface area contributed by atoms with E-state index in [2.05, 4.69) is 21.5 Å². The molecule has 0 atom stereocenters. The number of nitrogens with zero attached hydrogens (tertiary/aromatic N) is 5. The van der Waals surface area contributed by atoms with Gasteiger partial charge in [0.1, 0.15) is 11.3 Å². The van der Waals surface area contributed by atoms with Gasteiger partial charge in [0.15, 0.2) is 11.5 Å². The monoisotopic (exact) mass is 466 g/mol. The largest absolute Gasteiger partial charge is 0.378 e. The molecule has 0 radical (unpaired) electrons. The number of imidazole rings is 1. The zero-order valence-corrected chi connectivity index (χ0v) is 19.6. The molecule has 1 saturated heterocycles. The summed E-state index contributed by atoms with van der Waals surface area (Å²) in [6, 6.07) is 9.66. The lowest BCUT2D eigenvalue weighted by atomic mass is 10.1. The van der Waals surface area contributed by atoms with Gasteiger partial charge in [-0.25, -0.2) is 9.97 Å². The lowest BCUT2D eigenvalue weighted by Gasteiger charge is -2.29. The van der Waals surface area contributed by atoms with Crippen molar-refractivity contribution in [1.82, 2.24) is 14.5 Å². The number of ether oxygens (including phenoxy) is 2. The number of hydrogen-bond acceptors (Lipinski definition) is 7.